The van der Waals surface area contributed by atoms with Crippen LogP contribution in [0.2, 0.25) is 15.1 Å². The van der Waals surface area contributed by atoms with Crippen molar-refractivity contribution >= 4 is 46.7 Å². The largest absolute Gasteiger partial charge is 0.496 e. The van der Waals surface area contributed by atoms with E-state index in [1.165, 1.54) is 6.08 Å². The molecule has 0 spiro atoms. The molecule has 0 N–H and O–H groups in total. The van der Waals surface area contributed by atoms with Gasteiger partial charge in [-0.05, 0) is 60.2 Å². The van der Waals surface area contributed by atoms with Crippen LogP contribution in [0.1, 0.15) is 21.5 Å². The fourth-order valence-electron chi connectivity index (χ4n) is 3.31. The molecule has 1 heterocycles. The van der Waals surface area contributed by atoms with Gasteiger partial charge in [0.15, 0.2) is 11.5 Å². The number of imidazole rings is 1. The third-order valence-corrected chi connectivity index (χ3v) is 5.80. The number of hydrogen-bond acceptors (Lipinski definition) is 4. The maximum Gasteiger partial charge on any atom is 0.185 e. The highest BCUT2D eigenvalue weighted by molar-refractivity contribution is 6.40. The molecule has 0 bridgehead atoms. The monoisotopic (exact) mass is 512 g/mol. The number of halogens is 3. The van der Waals surface area contributed by atoms with E-state index in [1.54, 1.807) is 50.0 Å². The highest BCUT2D eigenvalue weighted by Gasteiger charge is 2.12. The Kier molecular flexibility index (Phi) is 7.58. The summed E-state index contributed by atoms with van der Waals surface area (Å²) in [6.07, 6.45) is 8.53. The maximum absolute atomic E-state index is 12.6. The fraction of sp³-hybridized carbons (Fsp3) is 0.0769. The minimum Gasteiger partial charge on any atom is -0.496 e. The lowest BCUT2D eigenvalue weighted by Gasteiger charge is -2.13. The van der Waals surface area contributed by atoms with Gasteiger partial charge in [0.05, 0.1) is 23.5 Å². The summed E-state index contributed by atoms with van der Waals surface area (Å²) in [6, 6.07) is 16.0. The Morgan fingerprint density at radius 1 is 1.03 bits per heavy atom. The maximum atomic E-state index is 12.6. The van der Waals surface area contributed by atoms with Gasteiger partial charge in [0.1, 0.15) is 12.4 Å². The van der Waals surface area contributed by atoms with Crippen molar-refractivity contribution < 1.29 is 14.3 Å². The predicted octanol–water partition coefficient (Wildman–Crippen LogP) is 7.32. The van der Waals surface area contributed by atoms with Gasteiger partial charge in [0, 0.05) is 34.2 Å². The Morgan fingerprint density at radius 2 is 1.76 bits per heavy atom. The summed E-state index contributed by atoms with van der Waals surface area (Å²) in [5.41, 5.74) is 3.10. The van der Waals surface area contributed by atoms with Gasteiger partial charge in [0.2, 0.25) is 0 Å². The van der Waals surface area contributed by atoms with Gasteiger partial charge >= 0.3 is 0 Å². The van der Waals surface area contributed by atoms with E-state index in [0.29, 0.717) is 32.1 Å². The van der Waals surface area contributed by atoms with Crippen molar-refractivity contribution in [2.45, 2.75) is 6.61 Å². The van der Waals surface area contributed by atoms with Gasteiger partial charge in [-0.25, -0.2) is 4.98 Å². The van der Waals surface area contributed by atoms with Crippen molar-refractivity contribution in [3.05, 3.63) is 111 Å². The van der Waals surface area contributed by atoms with Crippen LogP contribution in [0.15, 0.2) is 79.4 Å². The molecule has 4 aromatic rings. The van der Waals surface area contributed by atoms with E-state index in [0.717, 1.165) is 16.8 Å². The third-order valence-electron chi connectivity index (χ3n) is 5.02. The predicted molar refractivity (Wildman–Crippen MR) is 136 cm³/mol. The van der Waals surface area contributed by atoms with E-state index in [-0.39, 0.29) is 12.4 Å². The summed E-state index contributed by atoms with van der Waals surface area (Å²) in [6.45, 7) is 0.162. The van der Waals surface area contributed by atoms with Gasteiger partial charge in [-0.2, -0.15) is 0 Å². The number of ether oxygens (including phenoxy) is 2. The molecule has 3 aromatic carbocycles. The summed E-state index contributed by atoms with van der Waals surface area (Å²) < 4.78 is 13.2. The Morgan fingerprint density at radius 3 is 2.41 bits per heavy atom. The molecule has 0 fully saturated rings. The second-order valence-electron chi connectivity index (χ2n) is 7.27. The summed E-state index contributed by atoms with van der Waals surface area (Å²) in [4.78, 5) is 16.7. The minimum atomic E-state index is -0.106. The molecule has 172 valence electrons. The zero-order valence-corrected chi connectivity index (χ0v) is 20.3. The molecular formula is C26H19Cl3N2O3. The van der Waals surface area contributed by atoms with Gasteiger partial charge in [-0.1, -0.05) is 46.9 Å². The first kappa shape index (κ1) is 23.9. The number of aromatic nitrogens is 2. The van der Waals surface area contributed by atoms with Gasteiger partial charge in [0.25, 0.3) is 0 Å². The van der Waals surface area contributed by atoms with Gasteiger partial charge in [-0.15, -0.1) is 0 Å². The molecule has 0 atom stereocenters. The number of nitrogens with zero attached hydrogens (tertiary/aromatic N) is 2. The van der Waals surface area contributed by atoms with Gasteiger partial charge in [-0.3, -0.25) is 4.79 Å². The second kappa shape index (κ2) is 10.8. The van der Waals surface area contributed by atoms with Crippen LogP contribution in [0.25, 0.3) is 11.8 Å². The Labute approximate surface area is 212 Å². The van der Waals surface area contributed by atoms with Crippen LogP contribution in [-0.4, -0.2) is 22.4 Å². The summed E-state index contributed by atoms with van der Waals surface area (Å²) >= 11 is 18.4. The van der Waals surface area contributed by atoms with Crippen molar-refractivity contribution in [1.82, 2.24) is 9.55 Å². The molecular weight excluding hydrogens is 495 g/mol. The molecule has 0 amide bonds. The minimum absolute atomic E-state index is 0.106. The molecule has 4 rings (SSSR count). The van der Waals surface area contributed by atoms with Crippen molar-refractivity contribution in [2.75, 3.05) is 7.11 Å². The molecule has 0 aliphatic carbocycles. The van der Waals surface area contributed by atoms with Crippen LogP contribution in [0, 0.1) is 0 Å². The zero-order valence-electron chi connectivity index (χ0n) is 18.0. The van der Waals surface area contributed by atoms with Crippen LogP contribution in [0.4, 0.5) is 0 Å². The SMILES string of the molecule is COc1ccc(/C=C/C(=O)c2ccc(-n3ccnc3)cc2)cc1COc1c(Cl)cc(Cl)cc1Cl. The van der Waals surface area contributed by atoms with E-state index in [9.17, 15) is 4.79 Å². The molecule has 8 heteroatoms. The van der Waals surface area contributed by atoms with Crippen molar-refractivity contribution in [3.8, 4) is 17.2 Å². The van der Waals surface area contributed by atoms with Crippen molar-refractivity contribution in [1.29, 1.82) is 0 Å². The van der Waals surface area contributed by atoms with Crippen LogP contribution in [0.5, 0.6) is 11.5 Å². The first-order chi connectivity index (χ1) is 16.4. The number of hydrogen-bond donors (Lipinski definition) is 0. The van der Waals surface area contributed by atoms with E-state index in [2.05, 4.69) is 4.98 Å². The van der Waals surface area contributed by atoms with Crippen molar-refractivity contribution in [3.63, 3.8) is 0 Å². The topological polar surface area (TPSA) is 53.4 Å². The zero-order chi connectivity index (χ0) is 24.1. The lowest BCUT2D eigenvalue weighted by Crippen LogP contribution is -2.00. The molecule has 0 aliphatic rings. The van der Waals surface area contributed by atoms with Crippen LogP contribution >= 0.6 is 34.8 Å². The number of allylic oxidation sites excluding steroid dienone is 1. The Hall–Kier alpha value is -3.25. The van der Waals surface area contributed by atoms with Gasteiger partial charge < -0.3 is 14.0 Å². The molecule has 0 saturated carbocycles. The van der Waals surface area contributed by atoms with Crippen molar-refractivity contribution in [2.24, 2.45) is 0 Å². The van der Waals surface area contributed by atoms with E-state index in [4.69, 9.17) is 44.3 Å². The molecule has 1 aromatic heterocycles. The highest BCUT2D eigenvalue weighted by atomic mass is 35.5. The van der Waals surface area contributed by atoms with Crippen LogP contribution in [-0.2, 0) is 6.61 Å². The summed E-state index contributed by atoms with van der Waals surface area (Å²) in [5, 5.41) is 1.06. The van der Waals surface area contributed by atoms with E-state index >= 15 is 0 Å². The Balaban J connectivity index is 1.48. The lowest BCUT2D eigenvalue weighted by atomic mass is 10.1. The molecule has 0 aliphatic heterocycles. The summed E-state index contributed by atoms with van der Waals surface area (Å²) in [7, 11) is 1.58. The molecule has 0 unspecified atom stereocenters. The number of benzene rings is 3. The molecule has 0 radical (unpaired) electrons. The second-order valence-corrected chi connectivity index (χ2v) is 8.52. The number of rotatable bonds is 8. The standard InChI is InChI=1S/C26H19Cl3N2O3/c1-33-25-9-3-17(12-19(25)15-34-26-22(28)13-20(27)14-23(26)29)2-8-24(32)18-4-6-21(7-5-18)31-11-10-30-16-31/h2-14,16H,15H2,1H3/b8-2+. The summed E-state index contributed by atoms with van der Waals surface area (Å²) in [5.74, 6) is 0.871. The highest BCUT2D eigenvalue weighted by Crippen LogP contribution is 2.36. The average Bonchev–Trinajstić information content (AvgIpc) is 3.37. The number of carbonyl (C=O) groups excluding carboxylic acids is 1. The lowest BCUT2D eigenvalue weighted by molar-refractivity contribution is 0.104. The molecule has 34 heavy (non-hydrogen) atoms. The smallest absolute Gasteiger partial charge is 0.185 e. The molecule has 0 saturated heterocycles. The first-order valence-corrected chi connectivity index (χ1v) is 11.3. The number of carbonyl (C=O) groups is 1. The Bertz CT molecular complexity index is 1310. The van der Waals surface area contributed by atoms with Crippen LogP contribution < -0.4 is 9.47 Å². The average molecular weight is 514 g/mol. The van der Waals surface area contributed by atoms with E-state index in [1.807, 2.05) is 41.1 Å². The quantitative estimate of drug-likeness (QED) is 0.183. The normalized spacial score (nSPS) is 11.1. The molecule has 5 nitrogen and oxygen atoms in total. The first-order valence-electron chi connectivity index (χ1n) is 10.2. The fourth-order valence-corrected chi connectivity index (χ4v) is 4.24. The number of methoxy groups -OCH3 is 1. The van der Waals surface area contributed by atoms with Crippen LogP contribution in [0.3, 0.4) is 0 Å². The number of ketones is 1. The van der Waals surface area contributed by atoms with E-state index < -0.39 is 0 Å². The third kappa shape index (κ3) is 5.62.